The van der Waals surface area contributed by atoms with E-state index < -0.39 is 0 Å². The predicted molar refractivity (Wildman–Crippen MR) is 157 cm³/mol. The van der Waals surface area contributed by atoms with Crippen molar-refractivity contribution in [3.05, 3.63) is 102 Å². The minimum atomic E-state index is 0.414. The minimum Gasteiger partial charge on any atom is -0.219 e. The Balaban J connectivity index is 1.53. The first-order valence-corrected chi connectivity index (χ1v) is 13.2. The minimum absolute atomic E-state index is 0.414. The molecule has 0 aliphatic heterocycles. The van der Waals surface area contributed by atoms with Gasteiger partial charge in [-0.1, -0.05) is 48.5 Å². The van der Waals surface area contributed by atoms with Gasteiger partial charge in [-0.25, -0.2) is 44.9 Å². The van der Waals surface area contributed by atoms with Gasteiger partial charge in [0.15, 0.2) is 29.1 Å². The molecule has 0 atom stereocenters. The third-order valence-corrected chi connectivity index (χ3v) is 6.34. The molecular weight excluding hydrogens is 524 g/mol. The molecule has 0 fully saturated rings. The van der Waals surface area contributed by atoms with E-state index in [1.165, 1.54) is 0 Å². The quantitative estimate of drug-likeness (QED) is 0.264. The average molecular weight is 549 g/mol. The lowest BCUT2D eigenvalue weighted by molar-refractivity contribution is 0.928. The summed E-state index contributed by atoms with van der Waals surface area (Å²) >= 11 is 0. The normalized spacial score (nSPS) is 10.8. The number of nitrogens with zero attached hydrogens (tertiary/aromatic N) is 10. The molecule has 0 saturated carbocycles. The lowest BCUT2D eigenvalue weighted by Crippen LogP contribution is -2.02. The van der Waals surface area contributed by atoms with E-state index in [0.717, 1.165) is 16.7 Å². The Bertz CT molecular complexity index is 1960. The Kier molecular flexibility index (Phi) is 6.90. The van der Waals surface area contributed by atoms with Crippen LogP contribution in [-0.2, 0) is 0 Å². The van der Waals surface area contributed by atoms with Gasteiger partial charge in [0.1, 0.15) is 23.3 Å². The Morgan fingerprint density at radius 3 is 1.29 bits per heavy atom. The molecule has 0 aliphatic rings. The van der Waals surface area contributed by atoms with Crippen molar-refractivity contribution in [3.63, 3.8) is 0 Å². The van der Waals surface area contributed by atoms with Crippen molar-refractivity contribution in [2.24, 2.45) is 0 Å². The van der Waals surface area contributed by atoms with Crippen molar-refractivity contribution in [2.75, 3.05) is 0 Å². The third kappa shape index (κ3) is 5.57. The molecular formula is C32H24N10. The van der Waals surface area contributed by atoms with Crippen LogP contribution in [0.4, 0.5) is 0 Å². The Labute approximate surface area is 242 Å². The van der Waals surface area contributed by atoms with Gasteiger partial charge >= 0.3 is 0 Å². The molecule has 0 amide bonds. The number of nitriles is 1. The molecule has 42 heavy (non-hydrogen) atoms. The fraction of sp³-hybridized carbons (Fsp3) is 0.125. The van der Waals surface area contributed by atoms with Crippen LogP contribution in [0.3, 0.4) is 0 Å². The van der Waals surface area contributed by atoms with Crippen LogP contribution in [0.25, 0.3) is 56.9 Å². The lowest BCUT2D eigenvalue weighted by Gasteiger charge is -2.11. The highest BCUT2D eigenvalue weighted by atomic mass is 15.0. The van der Waals surface area contributed by atoms with E-state index in [4.69, 9.17) is 15.0 Å². The second-order valence-corrected chi connectivity index (χ2v) is 9.67. The number of benzene rings is 3. The molecule has 0 saturated heterocycles. The van der Waals surface area contributed by atoms with Crippen LogP contribution in [0.1, 0.15) is 28.9 Å². The van der Waals surface area contributed by atoms with Crippen molar-refractivity contribution in [1.29, 1.82) is 5.26 Å². The average Bonchev–Trinajstić information content (AvgIpc) is 3.00. The second kappa shape index (κ2) is 11.0. The van der Waals surface area contributed by atoms with Crippen LogP contribution in [0.5, 0.6) is 0 Å². The zero-order valence-electron chi connectivity index (χ0n) is 23.4. The van der Waals surface area contributed by atoms with E-state index in [1.807, 2.05) is 88.4 Å². The van der Waals surface area contributed by atoms with Crippen molar-refractivity contribution in [2.45, 2.75) is 27.7 Å². The summed E-state index contributed by atoms with van der Waals surface area (Å²) in [5.74, 6) is 4.93. The van der Waals surface area contributed by atoms with Crippen LogP contribution in [0, 0.1) is 39.0 Å². The van der Waals surface area contributed by atoms with Crippen LogP contribution < -0.4 is 0 Å². The maximum absolute atomic E-state index is 9.86. The standard InChI is InChI=1S/C32H24N10/c1-18-34-19(2)37-29(36-18)24-11-8-12-25(15-24)30-40-28(23-9-6-5-7-10-23)41-32(42-30)27-14-22(17-33)13-26(16-27)31-38-20(3)35-21(4)39-31/h5-16H,1-4H3. The summed E-state index contributed by atoms with van der Waals surface area (Å²) < 4.78 is 0. The van der Waals surface area contributed by atoms with Gasteiger partial charge < -0.3 is 0 Å². The molecule has 0 aliphatic carbocycles. The van der Waals surface area contributed by atoms with Crippen LogP contribution in [-0.4, -0.2) is 44.9 Å². The molecule has 10 nitrogen and oxygen atoms in total. The van der Waals surface area contributed by atoms with E-state index >= 15 is 0 Å². The topological polar surface area (TPSA) is 140 Å². The van der Waals surface area contributed by atoms with E-state index in [2.05, 4.69) is 36.0 Å². The Morgan fingerprint density at radius 1 is 0.405 bits per heavy atom. The zero-order chi connectivity index (χ0) is 29.2. The van der Waals surface area contributed by atoms with Gasteiger partial charge in [-0.2, -0.15) is 5.26 Å². The van der Waals surface area contributed by atoms with Crippen LogP contribution in [0.15, 0.2) is 72.8 Å². The first-order chi connectivity index (χ1) is 20.3. The number of hydrogen-bond donors (Lipinski definition) is 0. The first kappa shape index (κ1) is 26.4. The maximum Gasteiger partial charge on any atom is 0.164 e. The molecule has 3 aromatic heterocycles. The highest BCUT2D eigenvalue weighted by Gasteiger charge is 2.16. The number of hydrogen-bond acceptors (Lipinski definition) is 10. The number of rotatable bonds is 5. The summed E-state index contributed by atoms with van der Waals surface area (Å²) in [5, 5.41) is 9.86. The highest BCUT2D eigenvalue weighted by Crippen LogP contribution is 2.29. The van der Waals surface area contributed by atoms with Crippen molar-refractivity contribution in [3.8, 4) is 63.0 Å². The van der Waals surface area contributed by atoms with E-state index in [0.29, 0.717) is 69.1 Å². The maximum atomic E-state index is 9.86. The lowest BCUT2D eigenvalue weighted by atomic mass is 10.0. The summed E-state index contributed by atoms with van der Waals surface area (Å²) in [4.78, 5) is 41.1. The largest absolute Gasteiger partial charge is 0.219 e. The van der Waals surface area contributed by atoms with Crippen LogP contribution in [0.2, 0.25) is 0 Å². The molecule has 6 aromatic rings. The second-order valence-electron chi connectivity index (χ2n) is 9.67. The molecule has 10 heteroatoms. The van der Waals surface area contributed by atoms with Gasteiger partial charge in [-0.3, -0.25) is 0 Å². The summed E-state index contributed by atoms with van der Waals surface area (Å²) in [6, 6.07) is 25.1. The number of aryl methyl sites for hydroxylation is 4. The van der Waals surface area contributed by atoms with E-state index in [9.17, 15) is 5.26 Å². The van der Waals surface area contributed by atoms with E-state index in [1.54, 1.807) is 12.1 Å². The molecule has 202 valence electrons. The molecule has 0 spiro atoms. The van der Waals surface area contributed by atoms with Gasteiger partial charge in [0, 0.05) is 27.8 Å². The van der Waals surface area contributed by atoms with Gasteiger partial charge in [0.2, 0.25) is 0 Å². The van der Waals surface area contributed by atoms with Gasteiger partial charge in [-0.15, -0.1) is 0 Å². The monoisotopic (exact) mass is 548 g/mol. The Hall–Kier alpha value is -5.82. The number of aromatic nitrogens is 9. The fourth-order valence-electron chi connectivity index (χ4n) is 4.59. The third-order valence-electron chi connectivity index (χ3n) is 6.34. The van der Waals surface area contributed by atoms with Crippen molar-refractivity contribution < 1.29 is 0 Å². The highest BCUT2D eigenvalue weighted by molar-refractivity contribution is 5.73. The fourth-order valence-corrected chi connectivity index (χ4v) is 4.59. The molecule has 0 N–H and O–H groups in total. The van der Waals surface area contributed by atoms with Crippen molar-refractivity contribution >= 4 is 0 Å². The predicted octanol–water partition coefficient (Wildman–Crippen LogP) is 5.68. The summed E-state index contributed by atoms with van der Waals surface area (Å²) in [6.45, 7) is 7.31. The molecule has 6 rings (SSSR count). The van der Waals surface area contributed by atoms with Crippen LogP contribution >= 0.6 is 0 Å². The molecule has 0 bridgehead atoms. The molecule has 0 unspecified atom stereocenters. The van der Waals surface area contributed by atoms with Gasteiger partial charge in [-0.05, 0) is 52.0 Å². The smallest absolute Gasteiger partial charge is 0.164 e. The summed E-state index contributed by atoms with van der Waals surface area (Å²) in [5.41, 5.74) is 4.17. The molecule has 3 aromatic carbocycles. The zero-order valence-corrected chi connectivity index (χ0v) is 23.4. The van der Waals surface area contributed by atoms with Gasteiger partial charge in [0.05, 0.1) is 11.6 Å². The first-order valence-electron chi connectivity index (χ1n) is 13.2. The summed E-state index contributed by atoms with van der Waals surface area (Å²) in [7, 11) is 0. The molecule has 0 radical (unpaired) electrons. The van der Waals surface area contributed by atoms with Gasteiger partial charge in [0.25, 0.3) is 0 Å². The van der Waals surface area contributed by atoms with Crippen molar-refractivity contribution in [1.82, 2.24) is 44.9 Å². The molecule has 3 heterocycles. The summed E-state index contributed by atoms with van der Waals surface area (Å²) in [6.07, 6.45) is 0. The van der Waals surface area contributed by atoms with E-state index in [-0.39, 0.29) is 0 Å². The SMILES string of the molecule is Cc1nc(C)nc(-c2cccc(-c3nc(-c4ccccc4)nc(-c4cc(C#N)cc(-c5nc(C)nc(C)n5)c4)n3)c2)n1. The Morgan fingerprint density at radius 2 is 0.786 bits per heavy atom.